The molecule has 0 unspecified atom stereocenters. The van der Waals surface area contributed by atoms with E-state index in [2.05, 4.69) is 11.5 Å². The molecule has 0 bridgehead atoms. The third-order valence-electron chi connectivity index (χ3n) is 2.59. The van der Waals surface area contributed by atoms with Gasteiger partial charge in [0.2, 0.25) is 0 Å². The molecule has 0 radical (unpaired) electrons. The first kappa shape index (κ1) is 11.7. The molecule has 4 nitrogen and oxygen atoms in total. The second kappa shape index (κ2) is 5.50. The maximum Gasteiger partial charge on any atom is 0.330 e. The summed E-state index contributed by atoms with van der Waals surface area (Å²) in [6.45, 7) is 5.71. The molecule has 0 saturated carbocycles. The molecular formula is C13H15NO3. The number of hydrogen-bond donors (Lipinski definition) is 0. The van der Waals surface area contributed by atoms with E-state index < -0.39 is 0 Å². The Balaban J connectivity index is 1.82. The zero-order valence-corrected chi connectivity index (χ0v) is 9.59. The molecule has 0 atom stereocenters. The molecule has 90 valence electrons. The molecule has 1 aromatic rings. The Hall–Kier alpha value is -1.81. The van der Waals surface area contributed by atoms with Crippen LogP contribution in [0.2, 0.25) is 0 Å². The third-order valence-corrected chi connectivity index (χ3v) is 2.59. The predicted octanol–water partition coefficient (Wildman–Crippen LogP) is 1.57. The van der Waals surface area contributed by atoms with Crippen LogP contribution in [0.3, 0.4) is 0 Å². The van der Waals surface area contributed by atoms with Crippen molar-refractivity contribution in [1.29, 1.82) is 0 Å². The largest absolute Gasteiger partial charge is 0.478 e. The summed E-state index contributed by atoms with van der Waals surface area (Å²) in [6.07, 6.45) is 1.17. The highest BCUT2D eigenvalue weighted by molar-refractivity contribution is 5.81. The summed E-state index contributed by atoms with van der Waals surface area (Å²) < 4.78 is 10.5. The predicted molar refractivity (Wildman–Crippen MR) is 63.5 cm³/mol. The molecule has 4 heteroatoms. The number of esters is 1. The summed E-state index contributed by atoms with van der Waals surface area (Å²) in [5, 5.41) is 0. The molecule has 0 aromatic heterocycles. The molecule has 0 saturated heterocycles. The van der Waals surface area contributed by atoms with Crippen LogP contribution < -0.4 is 4.74 Å². The second-order valence-corrected chi connectivity index (χ2v) is 3.81. The Labute approximate surface area is 100 Å². The van der Waals surface area contributed by atoms with Crippen molar-refractivity contribution < 1.29 is 14.3 Å². The van der Waals surface area contributed by atoms with E-state index in [-0.39, 0.29) is 5.97 Å². The molecule has 0 amide bonds. The van der Waals surface area contributed by atoms with Crippen molar-refractivity contribution >= 4 is 5.97 Å². The number of nitrogens with zero attached hydrogens (tertiary/aromatic N) is 1. The lowest BCUT2D eigenvalue weighted by atomic mass is 10.2. The van der Waals surface area contributed by atoms with Crippen molar-refractivity contribution in [2.24, 2.45) is 0 Å². The van der Waals surface area contributed by atoms with Crippen LogP contribution in [0, 0.1) is 0 Å². The van der Waals surface area contributed by atoms with Crippen LogP contribution >= 0.6 is 0 Å². The van der Waals surface area contributed by atoms with Gasteiger partial charge in [0.25, 0.3) is 0 Å². The van der Waals surface area contributed by atoms with E-state index in [1.807, 2.05) is 24.3 Å². The highest BCUT2D eigenvalue weighted by atomic mass is 16.5. The maximum atomic E-state index is 10.9. The molecule has 17 heavy (non-hydrogen) atoms. The molecule has 0 spiro atoms. The molecule has 0 N–H and O–H groups in total. The molecule has 1 aromatic carbocycles. The van der Waals surface area contributed by atoms with Gasteiger partial charge in [0.15, 0.2) is 0 Å². The fourth-order valence-electron chi connectivity index (χ4n) is 1.70. The lowest BCUT2D eigenvalue weighted by molar-refractivity contribution is -0.138. The Morgan fingerprint density at radius 3 is 3.18 bits per heavy atom. The number of ether oxygens (including phenoxy) is 2. The van der Waals surface area contributed by atoms with Crippen LogP contribution in [0.4, 0.5) is 0 Å². The van der Waals surface area contributed by atoms with Crippen molar-refractivity contribution in [3.8, 4) is 5.75 Å². The minimum atomic E-state index is -0.386. The van der Waals surface area contributed by atoms with Crippen LogP contribution in [0.15, 0.2) is 36.9 Å². The standard InChI is InChI=1S/C13H15NO3/c1-2-13(15)16-8-7-14-9-11-5-3-4-6-12(11)17-10-14/h2-6H,1,7-10H2. The summed E-state index contributed by atoms with van der Waals surface area (Å²) in [5.41, 5.74) is 1.16. The van der Waals surface area contributed by atoms with Gasteiger partial charge >= 0.3 is 5.97 Å². The lowest BCUT2D eigenvalue weighted by Crippen LogP contribution is -2.34. The maximum absolute atomic E-state index is 10.9. The van der Waals surface area contributed by atoms with Crippen molar-refractivity contribution in [1.82, 2.24) is 4.90 Å². The van der Waals surface area contributed by atoms with Crippen LogP contribution in [-0.2, 0) is 16.1 Å². The van der Waals surface area contributed by atoms with Gasteiger partial charge in [0.1, 0.15) is 19.1 Å². The number of para-hydroxylation sites is 1. The number of rotatable bonds is 4. The number of carbonyl (C=O) groups excluding carboxylic acids is 1. The topological polar surface area (TPSA) is 38.8 Å². The molecule has 1 aliphatic heterocycles. The molecule has 2 rings (SSSR count). The van der Waals surface area contributed by atoms with Crippen molar-refractivity contribution in [2.45, 2.75) is 6.54 Å². The average molecular weight is 233 g/mol. The van der Waals surface area contributed by atoms with Crippen LogP contribution in [0.25, 0.3) is 0 Å². The van der Waals surface area contributed by atoms with Gasteiger partial charge in [-0.1, -0.05) is 24.8 Å². The average Bonchev–Trinajstić information content (AvgIpc) is 2.38. The SMILES string of the molecule is C=CC(=O)OCCN1COc2ccccc2C1. The summed E-state index contributed by atoms with van der Waals surface area (Å²) >= 11 is 0. The number of hydrogen-bond acceptors (Lipinski definition) is 4. The Morgan fingerprint density at radius 2 is 2.35 bits per heavy atom. The van der Waals surface area contributed by atoms with Gasteiger partial charge in [-0.3, -0.25) is 4.90 Å². The quantitative estimate of drug-likeness (QED) is 0.584. The van der Waals surface area contributed by atoms with Gasteiger partial charge in [-0.2, -0.15) is 0 Å². The summed E-state index contributed by atoms with van der Waals surface area (Å²) in [7, 11) is 0. The Morgan fingerprint density at radius 1 is 1.53 bits per heavy atom. The first-order valence-corrected chi connectivity index (χ1v) is 5.52. The molecule has 1 heterocycles. The number of fused-ring (bicyclic) bond motifs is 1. The van der Waals surface area contributed by atoms with Crippen molar-refractivity contribution in [3.05, 3.63) is 42.5 Å². The van der Waals surface area contributed by atoms with E-state index in [0.29, 0.717) is 19.9 Å². The van der Waals surface area contributed by atoms with Crippen LogP contribution in [0.1, 0.15) is 5.56 Å². The monoisotopic (exact) mass is 233 g/mol. The fourth-order valence-corrected chi connectivity index (χ4v) is 1.70. The van der Waals surface area contributed by atoms with Gasteiger partial charge in [0.05, 0.1) is 0 Å². The van der Waals surface area contributed by atoms with Crippen molar-refractivity contribution in [2.75, 3.05) is 19.9 Å². The van der Waals surface area contributed by atoms with Gasteiger partial charge in [-0.05, 0) is 6.07 Å². The highest BCUT2D eigenvalue weighted by Gasteiger charge is 2.16. The van der Waals surface area contributed by atoms with Gasteiger partial charge < -0.3 is 9.47 Å². The van der Waals surface area contributed by atoms with Crippen molar-refractivity contribution in [3.63, 3.8) is 0 Å². The first-order valence-electron chi connectivity index (χ1n) is 5.52. The second-order valence-electron chi connectivity index (χ2n) is 3.81. The number of carbonyl (C=O) groups is 1. The van der Waals surface area contributed by atoms with E-state index in [4.69, 9.17) is 9.47 Å². The Bertz CT molecular complexity index is 417. The molecule has 0 fully saturated rings. The van der Waals surface area contributed by atoms with Gasteiger partial charge in [-0.25, -0.2) is 4.79 Å². The zero-order chi connectivity index (χ0) is 12.1. The Kier molecular flexibility index (Phi) is 3.77. The summed E-state index contributed by atoms with van der Waals surface area (Å²) in [5.74, 6) is 0.551. The molecular weight excluding hydrogens is 218 g/mol. The zero-order valence-electron chi connectivity index (χ0n) is 9.59. The summed E-state index contributed by atoms with van der Waals surface area (Å²) in [6, 6.07) is 7.95. The van der Waals surface area contributed by atoms with E-state index in [0.717, 1.165) is 17.9 Å². The normalized spacial score (nSPS) is 14.6. The van der Waals surface area contributed by atoms with Gasteiger partial charge in [0, 0.05) is 24.7 Å². The van der Waals surface area contributed by atoms with E-state index in [1.165, 1.54) is 6.08 Å². The van der Waals surface area contributed by atoms with E-state index in [1.54, 1.807) is 0 Å². The minimum absolute atomic E-state index is 0.358. The fraction of sp³-hybridized carbons (Fsp3) is 0.308. The minimum Gasteiger partial charge on any atom is -0.478 e. The summed E-state index contributed by atoms with van der Waals surface area (Å²) in [4.78, 5) is 12.9. The van der Waals surface area contributed by atoms with E-state index >= 15 is 0 Å². The lowest BCUT2D eigenvalue weighted by Gasteiger charge is -2.28. The van der Waals surface area contributed by atoms with Gasteiger partial charge in [-0.15, -0.1) is 0 Å². The van der Waals surface area contributed by atoms with E-state index in [9.17, 15) is 4.79 Å². The van der Waals surface area contributed by atoms with Crippen LogP contribution in [-0.4, -0.2) is 30.8 Å². The first-order chi connectivity index (χ1) is 8.29. The van der Waals surface area contributed by atoms with Crippen LogP contribution in [0.5, 0.6) is 5.75 Å². The number of benzene rings is 1. The molecule has 1 aliphatic rings. The highest BCUT2D eigenvalue weighted by Crippen LogP contribution is 2.23. The smallest absolute Gasteiger partial charge is 0.330 e. The third kappa shape index (κ3) is 3.07. The molecule has 0 aliphatic carbocycles.